The zero-order valence-corrected chi connectivity index (χ0v) is 33.9. The minimum atomic E-state index is -4.76. The Hall–Kier alpha value is -4.21. The summed E-state index contributed by atoms with van der Waals surface area (Å²) in [4.78, 5) is 62.1. The average molecular weight is 833 g/mol. The van der Waals surface area contributed by atoms with Crippen LogP contribution in [0.25, 0.3) is 0 Å². The number of hydrogen-bond donors (Lipinski definition) is 2. The first-order valence-corrected chi connectivity index (χ1v) is 19.4. The van der Waals surface area contributed by atoms with Crippen LogP contribution in [-0.4, -0.2) is 111 Å². The molecule has 1 aliphatic carbocycles. The second-order valence-corrected chi connectivity index (χ2v) is 16.0. The van der Waals surface area contributed by atoms with E-state index in [4.69, 9.17) is 17.0 Å². The van der Waals surface area contributed by atoms with Gasteiger partial charge in [-0.05, 0) is 102 Å². The average Bonchev–Trinajstić information content (AvgIpc) is 3.32. The number of amides is 4. The molecule has 0 bridgehead atoms. The minimum absolute atomic E-state index is 0. The van der Waals surface area contributed by atoms with Crippen LogP contribution in [0.3, 0.4) is 0 Å². The zero-order chi connectivity index (χ0) is 40.5. The summed E-state index contributed by atoms with van der Waals surface area (Å²) in [6.45, 7) is 10.7. The van der Waals surface area contributed by atoms with Crippen molar-refractivity contribution in [1.82, 2.24) is 25.0 Å². The van der Waals surface area contributed by atoms with Crippen molar-refractivity contribution in [2.24, 2.45) is 0 Å². The lowest BCUT2D eigenvalue weighted by Crippen LogP contribution is -2.58. The van der Waals surface area contributed by atoms with Crippen molar-refractivity contribution < 1.29 is 37.1 Å². The van der Waals surface area contributed by atoms with Gasteiger partial charge >= 0.3 is 6.18 Å². The van der Waals surface area contributed by atoms with Gasteiger partial charge in [0.25, 0.3) is 5.91 Å². The quantitative estimate of drug-likeness (QED) is 0.246. The van der Waals surface area contributed by atoms with Crippen LogP contribution in [0.2, 0.25) is 0 Å². The van der Waals surface area contributed by atoms with Crippen LogP contribution in [-0.2, 0) is 30.1 Å². The molecular weight excluding hydrogens is 785 g/mol. The summed E-state index contributed by atoms with van der Waals surface area (Å²) in [5, 5.41) is 14.6. The van der Waals surface area contributed by atoms with Gasteiger partial charge in [0, 0.05) is 44.2 Å². The van der Waals surface area contributed by atoms with Crippen LogP contribution in [0.4, 0.5) is 24.5 Å². The number of carbonyl (C=O) groups is 4. The Morgan fingerprint density at radius 2 is 1.75 bits per heavy atom. The van der Waals surface area contributed by atoms with E-state index in [9.17, 15) is 37.6 Å². The summed E-state index contributed by atoms with van der Waals surface area (Å²) >= 11 is 5.73. The van der Waals surface area contributed by atoms with Crippen LogP contribution >= 0.6 is 24.6 Å². The Morgan fingerprint density at radius 3 is 2.35 bits per heavy atom. The van der Waals surface area contributed by atoms with Crippen LogP contribution in [0.1, 0.15) is 89.0 Å². The number of piperazine rings is 1. The number of imide groups is 1. The van der Waals surface area contributed by atoms with Crippen molar-refractivity contribution in [2.45, 2.75) is 108 Å². The van der Waals surface area contributed by atoms with Gasteiger partial charge in [-0.25, -0.2) is 0 Å². The SMILES string of the molecule is C[C@@H]1CN(CCOC2CCC(N3C(=S)N(c4ccc(C#N)c(C(F)(F)F)c4)C(=O)C3(C)C)CC2)C[C@H](C)N1CC(=O)Nc1ccc(C2CCC(=O)NC2=O)nc1.Cl. The summed E-state index contributed by atoms with van der Waals surface area (Å²) in [6.07, 6.45) is 0.350. The number of halogens is 4. The maximum atomic E-state index is 13.7. The van der Waals surface area contributed by atoms with Crippen molar-refractivity contribution in [2.75, 3.05) is 43.0 Å². The lowest BCUT2D eigenvalue weighted by molar-refractivity contribution is -0.138. The highest BCUT2D eigenvalue weighted by atomic mass is 35.5. The number of ether oxygens (including phenoxy) is 1. The van der Waals surface area contributed by atoms with Crippen LogP contribution < -0.4 is 15.5 Å². The number of benzene rings is 1. The van der Waals surface area contributed by atoms with E-state index in [0.717, 1.165) is 49.5 Å². The minimum Gasteiger partial charge on any atom is -0.377 e. The molecule has 4 aliphatic rings. The van der Waals surface area contributed by atoms with E-state index in [1.54, 1.807) is 32.0 Å². The molecule has 57 heavy (non-hydrogen) atoms. The van der Waals surface area contributed by atoms with Gasteiger partial charge < -0.3 is 15.0 Å². The third-order valence-corrected chi connectivity index (χ3v) is 11.7. The number of carbonyl (C=O) groups excluding carboxylic acids is 4. The van der Waals surface area contributed by atoms with Gasteiger partial charge in [0.05, 0.1) is 65.6 Å². The lowest BCUT2D eigenvalue weighted by atomic mass is 9.89. The molecule has 13 nitrogen and oxygen atoms in total. The standard InChI is InChI=1S/C39H47F3N8O5S.ClH/c1-23-20-47(21-24(2)48(23)22-34(52)45-26-6-13-32(44-19-26)30-12-14-33(51)46-35(30)53)15-16-55-29-10-8-27(9-11-29)50-37(56)49(36(54)38(50,3)4)28-7-5-25(18-43)31(17-28)39(40,41)42;/h5-7,13,17,19,23-24,27,29-30H,8-12,14-16,20-22H2,1-4H3,(H,45,52)(H,46,51,53);1H/t23-,24+,27?,29?,30?;. The number of nitrogens with zero attached hydrogens (tertiary/aromatic N) is 6. The molecule has 4 heterocycles. The van der Waals surface area contributed by atoms with Crippen molar-refractivity contribution in [3.05, 3.63) is 53.3 Å². The first-order valence-electron chi connectivity index (χ1n) is 19.0. The molecule has 308 valence electrons. The topological polar surface area (TPSA) is 151 Å². The molecular formula is C39H48ClF3N8O5S. The zero-order valence-electron chi connectivity index (χ0n) is 32.3. The summed E-state index contributed by atoms with van der Waals surface area (Å²) < 4.78 is 47.5. The maximum Gasteiger partial charge on any atom is 0.417 e. The van der Waals surface area contributed by atoms with Crippen LogP contribution in [0.5, 0.6) is 0 Å². The van der Waals surface area contributed by atoms with E-state index >= 15 is 0 Å². The second-order valence-electron chi connectivity index (χ2n) is 15.6. The molecule has 3 saturated heterocycles. The van der Waals surface area contributed by atoms with Crippen LogP contribution in [0.15, 0.2) is 36.5 Å². The maximum absolute atomic E-state index is 13.7. The van der Waals surface area contributed by atoms with E-state index in [1.807, 2.05) is 4.90 Å². The molecule has 1 aromatic carbocycles. The Labute approximate surface area is 341 Å². The predicted octanol–water partition coefficient (Wildman–Crippen LogP) is 4.99. The predicted molar refractivity (Wildman–Crippen MR) is 211 cm³/mol. The fourth-order valence-corrected chi connectivity index (χ4v) is 9.03. The molecule has 6 rings (SSSR count). The van der Waals surface area contributed by atoms with Crippen molar-refractivity contribution in [3.8, 4) is 6.07 Å². The molecule has 2 N–H and O–H groups in total. The number of thiocarbonyl (C=S) groups is 1. The summed E-state index contributed by atoms with van der Waals surface area (Å²) in [5.74, 6) is -1.71. The van der Waals surface area contributed by atoms with Gasteiger partial charge in [-0.2, -0.15) is 18.4 Å². The fraction of sp³-hybridized carbons (Fsp3) is 0.564. The monoisotopic (exact) mass is 832 g/mol. The first kappa shape index (κ1) is 43.9. The summed E-state index contributed by atoms with van der Waals surface area (Å²) in [6, 6.07) is 8.35. The van der Waals surface area contributed by atoms with Gasteiger partial charge in [0.2, 0.25) is 17.7 Å². The number of hydrogen-bond acceptors (Lipinski definition) is 10. The molecule has 1 unspecified atom stereocenters. The third kappa shape index (κ3) is 9.58. The number of anilines is 2. The van der Waals surface area contributed by atoms with E-state index < -0.39 is 34.7 Å². The number of nitriles is 1. The number of nitrogens with one attached hydrogen (secondary N) is 2. The highest BCUT2D eigenvalue weighted by molar-refractivity contribution is 7.80. The molecule has 18 heteroatoms. The smallest absolute Gasteiger partial charge is 0.377 e. The number of aromatic nitrogens is 1. The molecule has 4 amide bonds. The van der Waals surface area contributed by atoms with Crippen molar-refractivity contribution in [3.63, 3.8) is 0 Å². The lowest BCUT2D eigenvalue weighted by Gasteiger charge is -2.44. The first-order chi connectivity index (χ1) is 26.5. The van der Waals surface area contributed by atoms with Gasteiger partial charge in [-0.3, -0.25) is 44.2 Å². The van der Waals surface area contributed by atoms with Crippen molar-refractivity contribution in [1.29, 1.82) is 5.26 Å². The Kier molecular flexibility index (Phi) is 13.7. The fourth-order valence-electron chi connectivity index (χ4n) is 8.46. The molecule has 4 fully saturated rings. The van der Waals surface area contributed by atoms with Crippen LogP contribution in [0, 0.1) is 11.3 Å². The molecule has 3 aliphatic heterocycles. The van der Waals surface area contributed by atoms with Gasteiger partial charge in [0.1, 0.15) is 5.54 Å². The molecule has 2 aromatic rings. The van der Waals surface area contributed by atoms with Gasteiger partial charge in [-0.1, -0.05) is 0 Å². The molecule has 0 spiro atoms. The van der Waals surface area contributed by atoms with Gasteiger partial charge in [0.15, 0.2) is 5.11 Å². The Morgan fingerprint density at radius 1 is 1.07 bits per heavy atom. The highest BCUT2D eigenvalue weighted by Crippen LogP contribution is 2.40. The number of alkyl halides is 3. The Balaban J connectivity index is 0.00000620. The Bertz CT molecular complexity index is 1890. The second kappa shape index (κ2) is 17.7. The number of piperidine rings is 1. The molecule has 1 aromatic heterocycles. The van der Waals surface area contributed by atoms with E-state index in [2.05, 4.69) is 39.3 Å². The highest BCUT2D eigenvalue weighted by Gasteiger charge is 2.52. The van der Waals surface area contributed by atoms with E-state index in [0.29, 0.717) is 37.3 Å². The summed E-state index contributed by atoms with van der Waals surface area (Å²) in [7, 11) is 0. The molecule has 1 saturated carbocycles. The molecule has 0 radical (unpaired) electrons. The van der Waals surface area contributed by atoms with Gasteiger partial charge in [-0.15, -0.1) is 12.4 Å². The van der Waals surface area contributed by atoms with Crippen molar-refractivity contribution >= 4 is 64.7 Å². The largest absolute Gasteiger partial charge is 0.417 e. The number of rotatable bonds is 10. The van der Waals surface area contributed by atoms with E-state index in [1.165, 1.54) is 12.3 Å². The normalized spacial score (nSPS) is 25.8. The number of pyridine rings is 1. The van der Waals surface area contributed by atoms with E-state index in [-0.39, 0.29) is 78.1 Å². The molecule has 3 atom stereocenters. The summed E-state index contributed by atoms with van der Waals surface area (Å²) in [5.41, 5.74) is -1.62. The third-order valence-electron chi connectivity index (χ3n) is 11.4.